The first kappa shape index (κ1) is 57.8. The van der Waals surface area contributed by atoms with Crippen molar-refractivity contribution in [3.63, 3.8) is 0 Å². The van der Waals surface area contributed by atoms with Gasteiger partial charge in [0.1, 0.15) is 0 Å². The molecule has 0 aliphatic heterocycles. The van der Waals surface area contributed by atoms with Crippen LogP contribution in [0.5, 0.6) is 0 Å². The molecule has 0 aliphatic carbocycles. The predicted molar refractivity (Wildman–Crippen MR) is 298 cm³/mol. The fourth-order valence-corrected chi connectivity index (χ4v) is 16.8. The first-order valence-electron chi connectivity index (χ1n) is 23.6. The van der Waals surface area contributed by atoms with Crippen molar-refractivity contribution in [3.05, 3.63) is 268 Å². The molecule has 0 aliphatic rings. The van der Waals surface area contributed by atoms with E-state index in [-0.39, 0.29) is 17.1 Å². The first-order valence-corrected chi connectivity index (χ1v) is 28.8. The molecule has 0 saturated heterocycles. The summed E-state index contributed by atoms with van der Waals surface area (Å²) in [5.74, 6) is 0. The smallest absolute Gasteiger partial charge is 0.222 e. The van der Waals surface area contributed by atoms with Crippen LogP contribution >= 0.6 is 23.8 Å². The van der Waals surface area contributed by atoms with Gasteiger partial charge in [-0.15, -0.1) is 10.2 Å². The molecule has 9 aromatic carbocycles. The van der Waals surface area contributed by atoms with Crippen LogP contribution in [0.3, 0.4) is 0 Å². The van der Waals surface area contributed by atoms with Crippen molar-refractivity contribution < 1.29 is 45.9 Å². The maximum atomic E-state index is 8.49. The van der Waals surface area contributed by atoms with E-state index in [0.717, 1.165) is 0 Å². The third-order valence-corrected chi connectivity index (χ3v) is 21.1. The molecule has 4 nitrogen and oxygen atoms in total. The zero-order valence-electron chi connectivity index (χ0n) is 42.4. The summed E-state index contributed by atoms with van der Waals surface area (Å²) in [7, 11) is -6.47. The Morgan fingerprint density at radius 2 is 0.292 bits per heavy atom. The van der Waals surface area contributed by atoms with Gasteiger partial charge in [0.15, 0.2) is 0 Å². The molecule has 0 bridgehead atoms. The Labute approximate surface area is 445 Å². The Kier molecular flexibility index (Phi) is 22.3. The summed E-state index contributed by atoms with van der Waals surface area (Å²) in [5, 5.41) is 13.1. The summed E-state index contributed by atoms with van der Waals surface area (Å²) >= 11 is 0. The van der Waals surface area contributed by atoms with Crippen molar-refractivity contribution in [2.45, 2.75) is 62.3 Å². The summed E-state index contributed by atoms with van der Waals surface area (Å²) in [6, 6.07) is 79.2. The molecule has 0 unspecified atom stereocenters. The van der Waals surface area contributed by atoms with Gasteiger partial charge < -0.3 is 0 Å². The summed E-state index contributed by atoms with van der Waals surface area (Å²) in [4.78, 5) is 0. The number of halogens is 1. The fourth-order valence-electron chi connectivity index (χ4n) is 8.50. The normalized spacial score (nSPS) is 10.8. The van der Waals surface area contributed by atoms with Gasteiger partial charge in [-0.3, -0.25) is 0 Å². The molecule has 0 atom stereocenters. The van der Waals surface area contributed by atoms with E-state index in [0.29, 0.717) is 0 Å². The zero-order valence-corrected chi connectivity index (χ0v) is 46.8. The molecule has 9 aromatic rings. The van der Waals surface area contributed by atoms with Crippen molar-refractivity contribution in [1.82, 2.24) is 0 Å². The Bertz CT molecular complexity index is 2500. The molecule has 0 radical (unpaired) electrons. The van der Waals surface area contributed by atoms with Gasteiger partial charge in [-0.2, -0.15) is 0 Å². The van der Waals surface area contributed by atoms with Crippen molar-refractivity contribution in [1.29, 1.82) is 0 Å². The minimum atomic E-state index is -4.94. The fraction of sp³-hybridized carbons (Fsp3) is 0.143. The van der Waals surface area contributed by atoms with E-state index in [1.54, 1.807) is 0 Å². The SMILES string of the molecule is Cc1ccccc1P(c1ccccc1C)c1ccccc1C.Cc1ccccc1P(c1ccccc1C)c1ccccc1C.Cc1ccccc1P(c1ccccc1C)c1ccccc1C.[Cu+].[O-][Cl+3]([O-])([O-])[O-]. The molecule has 372 valence electrons. The van der Waals surface area contributed by atoms with Gasteiger partial charge in [-0.25, -0.2) is 18.6 Å². The number of rotatable bonds is 9. The monoisotopic (exact) mass is 1070 g/mol. The first-order chi connectivity index (χ1) is 34.0. The van der Waals surface area contributed by atoms with Crippen molar-refractivity contribution in [3.8, 4) is 0 Å². The molecule has 9 heteroatoms. The molecule has 0 aromatic heterocycles. The molecule has 0 heterocycles. The topological polar surface area (TPSA) is 92.2 Å². The second-order valence-electron chi connectivity index (χ2n) is 17.5. The average molecular weight is 1080 g/mol. The number of benzene rings is 9. The summed E-state index contributed by atoms with van der Waals surface area (Å²) in [6.45, 7) is 20.0. The second-order valence-corrected chi connectivity index (χ2v) is 24.6. The van der Waals surface area contributed by atoms with Crippen LogP contribution in [0.4, 0.5) is 0 Å². The molecule has 0 spiro atoms. The van der Waals surface area contributed by atoms with Gasteiger partial charge in [0.05, 0.1) is 0 Å². The summed E-state index contributed by atoms with van der Waals surface area (Å²) < 4.78 is 34.0. The van der Waals surface area contributed by atoms with Crippen LogP contribution in [0.15, 0.2) is 218 Å². The van der Waals surface area contributed by atoms with Crippen molar-refractivity contribution in [2.24, 2.45) is 0 Å². The van der Waals surface area contributed by atoms with E-state index in [2.05, 4.69) is 281 Å². The van der Waals surface area contributed by atoms with Crippen LogP contribution in [0.2, 0.25) is 0 Å². The van der Waals surface area contributed by atoms with Crippen LogP contribution in [-0.4, -0.2) is 0 Å². The minimum absolute atomic E-state index is 0. The van der Waals surface area contributed by atoms with Crippen molar-refractivity contribution in [2.75, 3.05) is 0 Å². The number of aryl methyl sites for hydroxylation is 9. The van der Waals surface area contributed by atoms with Gasteiger partial charge >= 0.3 is 17.1 Å². The Balaban J connectivity index is 0.000000190. The van der Waals surface area contributed by atoms with Gasteiger partial charge in [0.2, 0.25) is 0 Å². The Hall–Kier alpha value is -5.08. The second kappa shape index (κ2) is 27.8. The van der Waals surface area contributed by atoms with E-state index >= 15 is 0 Å². The van der Waals surface area contributed by atoms with E-state index in [9.17, 15) is 0 Å². The maximum absolute atomic E-state index is 8.49. The van der Waals surface area contributed by atoms with Crippen LogP contribution in [-0.2, 0) is 17.1 Å². The molecule has 0 saturated carbocycles. The van der Waals surface area contributed by atoms with Gasteiger partial charge in [0, 0.05) is 0 Å². The van der Waals surface area contributed by atoms with E-state index in [1.807, 2.05) is 0 Å². The van der Waals surface area contributed by atoms with E-state index < -0.39 is 34.0 Å². The number of hydrogen-bond donors (Lipinski definition) is 0. The Morgan fingerprint density at radius 1 is 0.208 bits per heavy atom. The standard InChI is InChI=1S/3C21H21P.ClHO4.Cu/c3*1-16-10-4-7-13-19(16)22(20-14-8-5-11-17(20)2)21-15-9-6-12-18(21)3;2-1(3,4)5;/h3*4-15H,1-3H3;(H,2,3,4,5);/q;;;;+1/p-1. The molecular formula is C63H63ClCuO4P3. The van der Waals surface area contributed by atoms with E-state index in [4.69, 9.17) is 18.6 Å². The average Bonchev–Trinajstić information content (AvgIpc) is 3.34. The third kappa shape index (κ3) is 15.7. The summed E-state index contributed by atoms with van der Waals surface area (Å²) in [6.07, 6.45) is 0. The molecule has 0 amide bonds. The quantitative estimate of drug-likeness (QED) is 0.107. The molecule has 0 fully saturated rings. The van der Waals surface area contributed by atoms with E-state index in [1.165, 1.54) is 97.8 Å². The zero-order chi connectivity index (χ0) is 51.1. The summed E-state index contributed by atoms with van der Waals surface area (Å²) in [5.41, 5.74) is 12.4. The molecule has 72 heavy (non-hydrogen) atoms. The predicted octanol–water partition coefficient (Wildman–Crippen LogP) is 8.35. The molecular weight excluding hydrogens is 1010 g/mol. The van der Waals surface area contributed by atoms with Crippen LogP contribution < -0.4 is 66.4 Å². The Morgan fingerprint density at radius 3 is 0.375 bits per heavy atom. The van der Waals surface area contributed by atoms with Crippen LogP contribution in [0.1, 0.15) is 50.1 Å². The largest absolute Gasteiger partial charge is 1.00 e. The maximum Gasteiger partial charge on any atom is 1.00 e. The van der Waals surface area contributed by atoms with Gasteiger partial charge in [-0.05, 0) is 184 Å². The van der Waals surface area contributed by atoms with Gasteiger partial charge in [-0.1, -0.05) is 218 Å². The molecule has 9 rings (SSSR count). The van der Waals surface area contributed by atoms with Crippen LogP contribution in [0, 0.1) is 72.6 Å². The third-order valence-electron chi connectivity index (χ3n) is 12.2. The van der Waals surface area contributed by atoms with Crippen molar-refractivity contribution >= 4 is 71.5 Å². The van der Waals surface area contributed by atoms with Gasteiger partial charge in [0.25, 0.3) is 0 Å². The minimum Gasteiger partial charge on any atom is -0.222 e. The molecule has 0 N–H and O–H groups in total. The van der Waals surface area contributed by atoms with Crippen LogP contribution in [0.25, 0.3) is 0 Å². The number of hydrogen-bond acceptors (Lipinski definition) is 4.